The molecule has 3 heterocycles. The maximum absolute atomic E-state index is 12.6. The van der Waals surface area contributed by atoms with Gasteiger partial charge in [-0.15, -0.1) is 0 Å². The molecule has 32 heavy (non-hydrogen) atoms. The van der Waals surface area contributed by atoms with E-state index in [-0.39, 0.29) is 5.91 Å². The van der Waals surface area contributed by atoms with Gasteiger partial charge in [-0.2, -0.15) is 0 Å². The van der Waals surface area contributed by atoms with Crippen molar-refractivity contribution in [3.05, 3.63) is 91.4 Å². The van der Waals surface area contributed by atoms with E-state index in [1.165, 1.54) is 6.33 Å². The van der Waals surface area contributed by atoms with E-state index in [9.17, 15) is 4.79 Å². The Balaban J connectivity index is 1.24. The number of hydrogen-bond acceptors (Lipinski definition) is 5. The van der Waals surface area contributed by atoms with Gasteiger partial charge in [0, 0.05) is 54.0 Å². The normalized spacial score (nSPS) is 10.9. The number of aromatic nitrogens is 5. The predicted octanol–water partition coefficient (Wildman–Crippen LogP) is 4.08. The first kappa shape index (κ1) is 19.5. The number of carbonyl (C=O) groups is 1. The molecule has 0 aliphatic heterocycles. The number of imidazole rings is 1. The van der Waals surface area contributed by atoms with Crippen molar-refractivity contribution >= 4 is 34.0 Å². The second-order valence-electron chi connectivity index (χ2n) is 7.44. The SMILES string of the molecule is Cn1cc(CC(=O)Nc2ccc(Nc3cc(-n4ccnc4)ncn3)cc2)c2ccccc21. The Kier molecular flexibility index (Phi) is 5.09. The zero-order chi connectivity index (χ0) is 21.9. The number of nitrogens with zero attached hydrogens (tertiary/aromatic N) is 5. The van der Waals surface area contributed by atoms with Crippen molar-refractivity contribution in [1.82, 2.24) is 24.1 Å². The average Bonchev–Trinajstić information content (AvgIpc) is 3.45. The highest BCUT2D eigenvalue weighted by Gasteiger charge is 2.11. The molecule has 0 atom stereocenters. The quantitative estimate of drug-likeness (QED) is 0.430. The van der Waals surface area contributed by atoms with Crippen LogP contribution in [0.2, 0.25) is 0 Å². The molecule has 0 saturated heterocycles. The van der Waals surface area contributed by atoms with Crippen LogP contribution in [0.5, 0.6) is 0 Å². The fourth-order valence-electron chi connectivity index (χ4n) is 3.68. The molecular formula is C24H21N7O. The van der Waals surface area contributed by atoms with Crippen LogP contribution >= 0.6 is 0 Å². The van der Waals surface area contributed by atoms with Crippen molar-refractivity contribution in [1.29, 1.82) is 0 Å². The Morgan fingerprint density at radius 2 is 1.84 bits per heavy atom. The van der Waals surface area contributed by atoms with Crippen molar-refractivity contribution in [3.8, 4) is 5.82 Å². The molecule has 5 aromatic rings. The summed E-state index contributed by atoms with van der Waals surface area (Å²) in [5.74, 6) is 1.33. The van der Waals surface area contributed by atoms with Gasteiger partial charge in [0.2, 0.25) is 5.91 Å². The van der Waals surface area contributed by atoms with Crippen molar-refractivity contribution in [3.63, 3.8) is 0 Å². The van der Waals surface area contributed by atoms with Gasteiger partial charge in [0.15, 0.2) is 0 Å². The Morgan fingerprint density at radius 1 is 1.03 bits per heavy atom. The molecule has 5 rings (SSSR count). The van der Waals surface area contributed by atoms with E-state index in [1.54, 1.807) is 17.1 Å². The van der Waals surface area contributed by atoms with E-state index in [4.69, 9.17) is 0 Å². The predicted molar refractivity (Wildman–Crippen MR) is 124 cm³/mol. The van der Waals surface area contributed by atoms with Crippen LogP contribution in [0.15, 0.2) is 85.8 Å². The maximum atomic E-state index is 12.6. The fraction of sp³-hybridized carbons (Fsp3) is 0.0833. The minimum Gasteiger partial charge on any atom is -0.350 e. The Morgan fingerprint density at radius 3 is 2.66 bits per heavy atom. The molecule has 0 radical (unpaired) electrons. The topological polar surface area (TPSA) is 89.7 Å². The van der Waals surface area contributed by atoms with Gasteiger partial charge in [-0.25, -0.2) is 15.0 Å². The first-order chi connectivity index (χ1) is 15.7. The van der Waals surface area contributed by atoms with Gasteiger partial charge in [-0.05, 0) is 35.9 Å². The second kappa shape index (κ2) is 8.35. The van der Waals surface area contributed by atoms with Gasteiger partial charge in [0.25, 0.3) is 0 Å². The number of benzene rings is 2. The molecule has 0 unspecified atom stereocenters. The molecule has 1 amide bonds. The van der Waals surface area contributed by atoms with E-state index in [1.807, 2.05) is 72.5 Å². The molecule has 8 heteroatoms. The Hall–Kier alpha value is -4.46. The summed E-state index contributed by atoms with van der Waals surface area (Å²) in [6.45, 7) is 0. The van der Waals surface area contributed by atoms with E-state index in [0.29, 0.717) is 12.2 Å². The molecule has 158 valence electrons. The summed E-state index contributed by atoms with van der Waals surface area (Å²) in [5, 5.41) is 7.32. The molecule has 0 bridgehead atoms. The van der Waals surface area contributed by atoms with Crippen LogP contribution in [0.3, 0.4) is 0 Å². The van der Waals surface area contributed by atoms with Gasteiger partial charge >= 0.3 is 0 Å². The zero-order valence-corrected chi connectivity index (χ0v) is 17.4. The minimum absolute atomic E-state index is 0.0529. The highest BCUT2D eigenvalue weighted by molar-refractivity contribution is 5.96. The third kappa shape index (κ3) is 4.06. The summed E-state index contributed by atoms with van der Waals surface area (Å²) in [7, 11) is 1.99. The van der Waals surface area contributed by atoms with Crippen LogP contribution in [0, 0.1) is 0 Å². The number of amides is 1. The lowest BCUT2D eigenvalue weighted by Crippen LogP contribution is -2.14. The minimum atomic E-state index is -0.0529. The summed E-state index contributed by atoms with van der Waals surface area (Å²) in [5.41, 5.74) is 3.72. The number of carbonyl (C=O) groups excluding carboxylic acids is 1. The van der Waals surface area contributed by atoms with Crippen LogP contribution in [-0.4, -0.2) is 30.0 Å². The summed E-state index contributed by atoms with van der Waals surface area (Å²) in [4.78, 5) is 25.1. The third-order valence-corrected chi connectivity index (χ3v) is 5.19. The molecule has 8 nitrogen and oxygen atoms in total. The summed E-state index contributed by atoms with van der Waals surface area (Å²) in [6, 6.07) is 17.4. The summed E-state index contributed by atoms with van der Waals surface area (Å²) < 4.78 is 3.85. The summed E-state index contributed by atoms with van der Waals surface area (Å²) >= 11 is 0. The van der Waals surface area contributed by atoms with Crippen LogP contribution in [0.4, 0.5) is 17.2 Å². The largest absolute Gasteiger partial charge is 0.350 e. The number of nitrogens with one attached hydrogen (secondary N) is 2. The lowest BCUT2D eigenvalue weighted by atomic mass is 10.1. The average molecular weight is 423 g/mol. The van der Waals surface area contributed by atoms with Crippen molar-refractivity contribution in [2.75, 3.05) is 10.6 Å². The van der Waals surface area contributed by atoms with Gasteiger partial charge in [0.1, 0.15) is 24.3 Å². The van der Waals surface area contributed by atoms with Gasteiger partial charge in [-0.1, -0.05) is 18.2 Å². The Bertz CT molecular complexity index is 1370. The number of fused-ring (bicyclic) bond motifs is 1. The van der Waals surface area contributed by atoms with Crippen LogP contribution in [0.25, 0.3) is 16.7 Å². The van der Waals surface area contributed by atoms with Crippen molar-refractivity contribution in [2.45, 2.75) is 6.42 Å². The lowest BCUT2D eigenvalue weighted by molar-refractivity contribution is -0.115. The van der Waals surface area contributed by atoms with E-state index in [2.05, 4.69) is 31.7 Å². The van der Waals surface area contributed by atoms with Gasteiger partial charge in [-0.3, -0.25) is 9.36 Å². The van der Waals surface area contributed by atoms with Crippen molar-refractivity contribution < 1.29 is 4.79 Å². The van der Waals surface area contributed by atoms with Crippen molar-refractivity contribution in [2.24, 2.45) is 7.05 Å². The second-order valence-corrected chi connectivity index (χ2v) is 7.44. The molecular weight excluding hydrogens is 402 g/mol. The molecule has 0 saturated carbocycles. The first-order valence-electron chi connectivity index (χ1n) is 10.2. The van der Waals surface area contributed by atoms with Crippen LogP contribution in [0.1, 0.15) is 5.56 Å². The maximum Gasteiger partial charge on any atom is 0.228 e. The molecule has 2 aromatic carbocycles. The molecule has 3 aromatic heterocycles. The molecule has 0 spiro atoms. The third-order valence-electron chi connectivity index (χ3n) is 5.19. The van der Waals surface area contributed by atoms with E-state index in [0.717, 1.165) is 33.7 Å². The number of hydrogen-bond donors (Lipinski definition) is 2. The molecule has 2 N–H and O–H groups in total. The van der Waals surface area contributed by atoms with E-state index >= 15 is 0 Å². The van der Waals surface area contributed by atoms with E-state index < -0.39 is 0 Å². The van der Waals surface area contributed by atoms with Gasteiger partial charge < -0.3 is 15.2 Å². The fourth-order valence-corrected chi connectivity index (χ4v) is 3.68. The first-order valence-corrected chi connectivity index (χ1v) is 10.2. The van der Waals surface area contributed by atoms with Crippen LogP contribution < -0.4 is 10.6 Å². The molecule has 0 fully saturated rings. The molecule has 0 aliphatic carbocycles. The zero-order valence-electron chi connectivity index (χ0n) is 17.4. The Labute approximate surface area is 184 Å². The lowest BCUT2D eigenvalue weighted by Gasteiger charge is -2.09. The standard InChI is InChI=1S/C24H21N7O/c1-30-14-17(20-4-2-3-5-21(20)30)12-24(32)29-19-8-6-18(7-9-19)28-22-13-23(27-15-26-22)31-11-10-25-16-31/h2-11,13-16H,12H2,1H3,(H,29,32)(H,26,27,28). The highest BCUT2D eigenvalue weighted by Crippen LogP contribution is 2.22. The smallest absolute Gasteiger partial charge is 0.228 e. The number of anilines is 3. The number of aryl methyl sites for hydroxylation is 1. The monoisotopic (exact) mass is 423 g/mol. The highest BCUT2D eigenvalue weighted by atomic mass is 16.1. The number of rotatable bonds is 6. The van der Waals surface area contributed by atoms with Gasteiger partial charge in [0.05, 0.1) is 6.42 Å². The number of para-hydroxylation sites is 1. The molecule has 0 aliphatic rings. The van der Waals surface area contributed by atoms with Crippen LogP contribution in [-0.2, 0) is 18.3 Å². The summed E-state index contributed by atoms with van der Waals surface area (Å²) in [6.07, 6.45) is 9.03.